The maximum absolute atomic E-state index is 6.43. The largest absolute Gasteiger partial charge is 0.317 e. The molecule has 10 heteroatoms. The molecule has 0 saturated carbocycles. The molecule has 0 bridgehead atoms. The molecule has 21 heavy (non-hydrogen) atoms. The quantitative estimate of drug-likeness (QED) is 0.675. The Morgan fingerprint density at radius 2 is 2.24 bits per heavy atom. The molecule has 1 atom stereocenters. The van der Waals surface area contributed by atoms with Crippen molar-refractivity contribution in [1.82, 2.24) is 45.5 Å². The second kappa shape index (κ2) is 4.82. The number of hydrogen-bond donors (Lipinski definition) is 2. The lowest BCUT2D eigenvalue weighted by Gasteiger charge is -2.36. The summed E-state index contributed by atoms with van der Waals surface area (Å²) in [5, 5.41) is 25.5. The molecule has 10 nitrogen and oxygen atoms in total. The number of quaternary nitrogens is 1. The average molecular weight is 289 g/mol. The van der Waals surface area contributed by atoms with Crippen molar-refractivity contribution in [3.8, 4) is 11.6 Å². The Labute approximate surface area is 120 Å². The summed E-state index contributed by atoms with van der Waals surface area (Å²) < 4.78 is 0.339. The van der Waals surface area contributed by atoms with E-state index in [1.807, 2.05) is 32.3 Å². The molecule has 0 spiro atoms. The van der Waals surface area contributed by atoms with Gasteiger partial charge in [0.2, 0.25) is 5.82 Å². The van der Waals surface area contributed by atoms with Crippen molar-refractivity contribution >= 4 is 0 Å². The van der Waals surface area contributed by atoms with Crippen LogP contribution in [0.15, 0.2) is 24.3 Å². The zero-order valence-corrected chi connectivity index (χ0v) is 11.9. The lowest BCUT2D eigenvalue weighted by atomic mass is 9.92. The number of likely N-dealkylation sites (N-methyl/N-ethyl adjacent to an activating group) is 1. The van der Waals surface area contributed by atoms with Gasteiger partial charge in [0.05, 0.1) is 19.6 Å². The van der Waals surface area contributed by atoms with E-state index in [9.17, 15) is 0 Å². The fourth-order valence-corrected chi connectivity index (χ4v) is 2.52. The first-order valence-electron chi connectivity index (χ1n) is 6.50. The predicted octanol–water partition coefficient (Wildman–Crippen LogP) is -1.23. The summed E-state index contributed by atoms with van der Waals surface area (Å²) in [5.74, 6) is 0.782. The number of nitrogens with zero attached hydrogens (tertiary/aromatic N) is 8. The van der Waals surface area contributed by atoms with Crippen LogP contribution in [0.3, 0.4) is 0 Å². The predicted molar refractivity (Wildman–Crippen MR) is 75.1 cm³/mol. The Balaban J connectivity index is 1.91. The van der Waals surface area contributed by atoms with E-state index in [0.29, 0.717) is 22.8 Å². The van der Waals surface area contributed by atoms with Crippen LogP contribution in [0.5, 0.6) is 0 Å². The zero-order chi connectivity index (χ0) is 14.9. The normalized spacial score (nSPS) is 21.9. The molecule has 0 fully saturated rings. The van der Waals surface area contributed by atoms with Crippen LogP contribution in [0, 0.1) is 0 Å². The van der Waals surface area contributed by atoms with Crippen molar-refractivity contribution in [1.29, 1.82) is 0 Å². The highest BCUT2D eigenvalue weighted by atomic mass is 15.8. The Morgan fingerprint density at radius 1 is 1.38 bits per heavy atom. The van der Waals surface area contributed by atoms with E-state index in [2.05, 4.69) is 42.2 Å². The van der Waals surface area contributed by atoms with Gasteiger partial charge in [0.25, 0.3) is 5.82 Å². The molecular formula is C11H17N10+. The number of H-pyrrole nitrogens is 1. The molecule has 1 unspecified atom stereocenters. The summed E-state index contributed by atoms with van der Waals surface area (Å²) in [6.07, 6.45) is 8.78. The van der Waals surface area contributed by atoms with E-state index in [0.717, 1.165) is 6.42 Å². The number of rotatable bonds is 4. The topological polar surface area (TPSA) is 124 Å². The second-order valence-corrected chi connectivity index (χ2v) is 5.63. The maximum atomic E-state index is 6.43. The van der Waals surface area contributed by atoms with Gasteiger partial charge in [-0.25, -0.2) is 0 Å². The molecule has 0 saturated heterocycles. The highest BCUT2D eigenvalue weighted by Gasteiger charge is 2.36. The fraction of sp³-hybridized carbons (Fsp3) is 0.455. The van der Waals surface area contributed by atoms with Gasteiger partial charge in [-0.05, 0) is 16.8 Å². The van der Waals surface area contributed by atoms with Crippen LogP contribution >= 0.6 is 0 Å². The van der Waals surface area contributed by atoms with Crippen LogP contribution in [0.4, 0.5) is 0 Å². The van der Waals surface area contributed by atoms with E-state index >= 15 is 0 Å². The average Bonchev–Trinajstić information content (AvgIpc) is 3.09. The van der Waals surface area contributed by atoms with E-state index in [-0.39, 0.29) is 0 Å². The summed E-state index contributed by atoms with van der Waals surface area (Å²) in [6, 6.07) is 0. The lowest BCUT2D eigenvalue weighted by molar-refractivity contribution is 0.148. The molecule has 0 aliphatic heterocycles. The minimum Gasteiger partial charge on any atom is -0.317 e. The van der Waals surface area contributed by atoms with Crippen molar-refractivity contribution in [2.75, 3.05) is 20.6 Å². The van der Waals surface area contributed by atoms with Gasteiger partial charge in [-0.2, -0.15) is 9.81 Å². The Bertz CT molecular complexity index is 667. The van der Waals surface area contributed by atoms with Gasteiger partial charge in [0, 0.05) is 5.21 Å². The van der Waals surface area contributed by atoms with Crippen LogP contribution in [0.25, 0.3) is 11.6 Å². The number of aromatic amines is 1. The summed E-state index contributed by atoms with van der Waals surface area (Å²) in [4.78, 5) is 1.63. The molecular weight excluding hydrogens is 272 g/mol. The molecule has 2 heterocycles. The lowest BCUT2D eigenvalue weighted by Crippen LogP contribution is -2.62. The Morgan fingerprint density at radius 3 is 2.90 bits per heavy atom. The first-order chi connectivity index (χ1) is 10.0. The van der Waals surface area contributed by atoms with Crippen LogP contribution < -0.4 is 10.3 Å². The number of nitrogens with one attached hydrogen (secondary N) is 1. The Hall–Kier alpha value is -2.46. The SMILES string of the molecule is C[N+](C)(CC1(N)C=CC=CC1)n1nnnc1-c1nn[nH]n1. The molecule has 110 valence electrons. The zero-order valence-electron chi connectivity index (χ0n) is 11.9. The molecule has 0 radical (unpaired) electrons. The van der Waals surface area contributed by atoms with Gasteiger partial charge in [-0.1, -0.05) is 34.2 Å². The molecule has 2 aromatic rings. The van der Waals surface area contributed by atoms with Crippen LogP contribution in [0.1, 0.15) is 6.42 Å². The van der Waals surface area contributed by atoms with Gasteiger partial charge in [0.1, 0.15) is 6.54 Å². The summed E-state index contributed by atoms with van der Waals surface area (Å²) >= 11 is 0. The first kappa shape index (κ1) is 13.5. The van der Waals surface area contributed by atoms with E-state index < -0.39 is 5.54 Å². The van der Waals surface area contributed by atoms with Gasteiger partial charge < -0.3 is 5.73 Å². The fourth-order valence-electron chi connectivity index (χ4n) is 2.52. The van der Waals surface area contributed by atoms with E-state index in [4.69, 9.17) is 5.73 Å². The van der Waals surface area contributed by atoms with Crippen molar-refractivity contribution in [3.05, 3.63) is 24.3 Å². The van der Waals surface area contributed by atoms with Crippen molar-refractivity contribution in [2.24, 2.45) is 5.73 Å². The van der Waals surface area contributed by atoms with Gasteiger partial charge >= 0.3 is 0 Å². The molecule has 0 amide bonds. The van der Waals surface area contributed by atoms with Crippen molar-refractivity contribution < 1.29 is 0 Å². The molecule has 1 aliphatic rings. The third kappa shape index (κ3) is 2.58. The standard InChI is InChI=1S/C11H17N10/c1-21(2,8-11(12)6-4-3-5-7-11)20-10(15-18-19-20)9-13-16-17-14-9/h3-6H,7-8,12H2,1-2H3,(H,13,14,16,17)/q+1. The third-order valence-corrected chi connectivity index (χ3v) is 3.37. The highest BCUT2D eigenvalue weighted by Crippen LogP contribution is 2.19. The summed E-state index contributed by atoms with van der Waals surface area (Å²) in [7, 11) is 3.95. The summed E-state index contributed by atoms with van der Waals surface area (Å²) in [6.45, 7) is 0.615. The number of allylic oxidation sites excluding steroid dienone is 2. The molecule has 3 N–H and O–H groups in total. The molecule has 3 rings (SSSR count). The first-order valence-corrected chi connectivity index (χ1v) is 6.50. The van der Waals surface area contributed by atoms with Gasteiger partial charge in [0.15, 0.2) is 0 Å². The smallest absolute Gasteiger partial charge is 0.277 e. The number of nitrogens with two attached hydrogens (primary N) is 1. The third-order valence-electron chi connectivity index (χ3n) is 3.37. The van der Waals surface area contributed by atoms with Crippen molar-refractivity contribution in [2.45, 2.75) is 12.0 Å². The highest BCUT2D eigenvalue weighted by molar-refractivity contribution is 5.39. The molecule has 1 aliphatic carbocycles. The Kier molecular flexibility index (Phi) is 3.11. The monoisotopic (exact) mass is 289 g/mol. The minimum atomic E-state index is -0.446. The van der Waals surface area contributed by atoms with Crippen molar-refractivity contribution in [3.63, 3.8) is 0 Å². The number of hydrogen-bond acceptors (Lipinski definition) is 7. The molecule has 2 aromatic heterocycles. The van der Waals surface area contributed by atoms with Crippen LogP contribution in [-0.2, 0) is 0 Å². The summed E-state index contributed by atoms with van der Waals surface area (Å²) in [5.41, 5.74) is 5.99. The van der Waals surface area contributed by atoms with Gasteiger partial charge in [-0.15, -0.1) is 10.2 Å². The van der Waals surface area contributed by atoms with Crippen LogP contribution in [0.2, 0.25) is 0 Å². The molecule has 0 aromatic carbocycles. The van der Waals surface area contributed by atoms with Gasteiger partial charge in [-0.3, -0.25) is 0 Å². The van der Waals surface area contributed by atoms with E-state index in [1.165, 1.54) is 0 Å². The maximum Gasteiger partial charge on any atom is 0.277 e. The van der Waals surface area contributed by atoms with Crippen LogP contribution in [-0.4, -0.2) is 67.1 Å². The number of tetrazole rings is 2. The minimum absolute atomic E-state index is 0.339. The number of aromatic nitrogens is 8. The van der Waals surface area contributed by atoms with E-state index in [1.54, 1.807) is 4.79 Å². The second-order valence-electron chi connectivity index (χ2n) is 5.63.